The third-order valence-electron chi connectivity index (χ3n) is 3.89. The molecule has 5 heteroatoms. The molecule has 1 N–H and O–H groups in total. The molecule has 0 aliphatic rings. The molecule has 0 atom stereocenters. The summed E-state index contributed by atoms with van der Waals surface area (Å²) in [5, 5.41) is 9.74. The van der Waals surface area contributed by atoms with Gasteiger partial charge in [0.1, 0.15) is 24.7 Å². The molecule has 3 rings (SSSR count). The standard InChI is InChI=1S/C22H21NO4/c1-17-14-19(23(25)22(24)15-17)16-27-21-11-9-20(10-12-21)26-13-5-8-18-6-3-2-4-7-18/h2-12,14-15,25H,13,16H2,1H3. The Kier molecular flexibility index (Phi) is 5.94. The lowest BCUT2D eigenvalue weighted by atomic mass is 10.2. The minimum atomic E-state index is -0.471. The summed E-state index contributed by atoms with van der Waals surface area (Å²) in [6.07, 6.45) is 3.96. The molecule has 0 radical (unpaired) electrons. The molecule has 1 heterocycles. The zero-order chi connectivity index (χ0) is 19.1. The molecule has 0 spiro atoms. The van der Waals surface area contributed by atoms with Crippen LogP contribution < -0.4 is 15.0 Å². The Morgan fingerprint density at radius 1 is 0.963 bits per heavy atom. The van der Waals surface area contributed by atoms with Crippen LogP contribution in [0.2, 0.25) is 0 Å². The average molecular weight is 363 g/mol. The summed E-state index contributed by atoms with van der Waals surface area (Å²) in [5.41, 5.74) is 1.83. The summed E-state index contributed by atoms with van der Waals surface area (Å²) in [6.45, 7) is 2.35. The van der Waals surface area contributed by atoms with Crippen LogP contribution in [0.4, 0.5) is 0 Å². The molecular formula is C22H21NO4. The van der Waals surface area contributed by atoms with Gasteiger partial charge < -0.3 is 14.7 Å². The normalized spacial score (nSPS) is 10.9. The van der Waals surface area contributed by atoms with Crippen molar-refractivity contribution in [2.75, 3.05) is 6.61 Å². The molecule has 0 saturated carbocycles. The van der Waals surface area contributed by atoms with Crippen molar-refractivity contribution < 1.29 is 14.7 Å². The lowest BCUT2D eigenvalue weighted by molar-refractivity contribution is 0.147. The highest BCUT2D eigenvalue weighted by molar-refractivity contribution is 5.48. The molecule has 5 nitrogen and oxygen atoms in total. The number of hydrogen-bond acceptors (Lipinski definition) is 4. The molecule has 0 aliphatic carbocycles. The fraction of sp³-hybridized carbons (Fsp3) is 0.136. The van der Waals surface area contributed by atoms with Gasteiger partial charge in [0.05, 0.1) is 5.69 Å². The molecule has 27 heavy (non-hydrogen) atoms. The van der Waals surface area contributed by atoms with Crippen LogP contribution in [0.15, 0.2) is 77.6 Å². The van der Waals surface area contributed by atoms with Crippen molar-refractivity contribution >= 4 is 6.08 Å². The van der Waals surface area contributed by atoms with E-state index >= 15 is 0 Å². The van der Waals surface area contributed by atoms with Gasteiger partial charge in [-0.1, -0.05) is 36.4 Å². The van der Waals surface area contributed by atoms with Gasteiger partial charge >= 0.3 is 0 Å². The summed E-state index contributed by atoms with van der Waals surface area (Å²) in [7, 11) is 0. The van der Waals surface area contributed by atoms with Crippen molar-refractivity contribution in [3.63, 3.8) is 0 Å². The first-order chi connectivity index (χ1) is 13.1. The van der Waals surface area contributed by atoms with E-state index in [-0.39, 0.29) is 6.61 Å². The van der Waals surface area contributed by atoms with Crippen LogP contribution in [0.3, 0.4) is 0 Å². The largest absolute Gasteiger partial charge is 0.490 e. The number of ether oxygens (including phenoxy) is 2. The first-order valence-electron chi connectivity index (χ1n) is 8.61. The molecule has 138 valence electrons. The van der Waals surface area contributed by atoms with Gasteiger partial charge in [0.2, 0.25) is 0 Å². The van der Waals surface area contributed by atoms with Gasteiger partial charge in [0, 0.05) is 6.07 Å². The number of benzene rings is 2. The van der Waals surface area contributed by atoms with Crippen molar-refractivity contribution in [2.24, 2.45) is 0 Å². The summed E-state index contributed by atoms with van der Waals surface area (Å²) in [4.78, 5) is 11.6. The van der Waals surface area contributed by atoms with Crippen molar-refractivity contribution in [2.45, 2.75) is 13.5 Å². The van der Waals surface area contributed by atoms with Crippen LogP contribution in [0, 0.1) is 6.92 Å². The van der Waals surface area contributed by atoms with E-state index in [1.807, 2.05) is 54.6 Å². The molecule has 0 saturated heterocycles. The van der Waals surface area contributed by atoms with Crippen molar-refractivity contribution in [1.29, 1.82) is 0 Å². The molecule has 0 unspecified atom stereocenters. The second kappa shape index (κ2) is 8.76. The number of aromatic nitrogens is 1. The maximum Gasteiger partial charge on any atom is 0.283 e. The minimum Gasteiger partial charge on any atom is -0.490 e. The summed E-state index contributed by atoms with van der Waals surface area (Å²) in [5.74, 6) is 1.35. The fourth-order valence-electron chi connectivity index (χ4n) is 2.55. The van der Waals surface area contributed by atoms with E-state index in [2.05, 4.69) is 0 Å². The zero-order valence-corrected chi connectivity index (χ0v) is 15.0. The molecule has 0 fully saturated rings. The van der Waals surface area contributed by atoms with Crippen LogP contribution in [0.1, 0.15) is 16.8 Å². The van der Waals surface area contributed by atoms with E-state index < -0.39 is 5.56 Å². The minimum absolute atomic E-state index is 0.0907. The number of nitrogens with zero attached hydrogens (tertiary/aromatic N) is 1. The fourth-order valence-corrected chi connectivity index (χ4v) is 2.55. The first kappa shape index (κ1) is 18.3. The third kappa shape index (κ3) is 5.25. The van der Waals surface area contributed by atoms with Crippen LogP contribution in [0.5, 0.6) is 11.5 Å². The Balaban J connectivity index is 1.52. The number of aryl methyl sites for hydroxylation is 1. The third-order valence-corrected chi connectivity index (χ3v) is 3.89. The lowest BCUT2D eigenvalue weighted by Gasteiger charge is -2.10. The predicted molar refractivity (Wildman–Crippen MR) is 104 cm³/mol. The maximum absolute atomic E-state index is 11.6. The molecule has 1 aromatic heterocycles. The number of rotatable bonds is 7. The van der Waals surface area contributed by atoms with Gasteiger partial charge in [-0.25, -0.2) is 0 Å². The molecule has 0 aliphatic heterocycles. The Hall–Kier alpha value is -3.47. The molecule has 2 aromatic carbocycles. The van der Waals surface area contributed by atoms with Crippen LogP contribution in [-0.4, -0.2) is 16.5 Å². The molecule has 0 amide bonds. The topological polar surface area (TPSA) is 60.7 Å². The van der Waals surface area contributed by atoms with Crippen LogP contribution in [-0.2, 0) is 6.61 Å². The highest BCUT2D eigenvalue weighted by atomic mass is 16.5. The quantitative estimate of drug-likeness (QED) is 0.643. The SMILES string of the molecule is Cc1cc(COc2ccc(OCC=Cc3ccccc3)cc2)n(O)c(=O)c1. The number of hydrogen-bond donors (Lipinski definition) is 1. The van der Waals surface area contributed by atoms with E-state index in [1.54, 1.807) is 25.1 Å². The zero-order valence-electron chi connectivity index (χ0n) is 15.0. The highest BCUT2D eigenvalue weighted by Crippen LogP contribution is 2.18. The summed E-state index contributed by atoms with van der Waals surface area (Å²) < 4.78 is 11.9. The second-order valence-electron chi connectivity index (χ2n) is 6.06. The highest BCUT2D eigenvalue weighted by Gasteiger charge is 2.05. The Labute approximate surface area is 157 Å². The molecule has 0 bridgehead atoms. The average Bonchev–Trinajstić information content (AvgIpc) is 2.68. The predicted octanol–water partition coefficient (Wildman–Crippen LogP) is 4.07. The van der Waals surface area contributed by atoms with Crippen LogP contribution >= 0.6 is 0 Å². The Morgan fingerprint density at radius 2 is 1.63 bits per heavy atom. The van der Waals surface area contributed by atoms with Gasteiger partial charge in [0.15, 0.2) is 0 Å². The van der Waals surface area contributed by atoms with E-state index in [0.717, 1.165) is 16.9 Å². The van der Waals surface area contributed by atoms with Gasteiger partial charge in [-0.15, -0.1) is 4.73 Å². The van der Waals surface area contributed by atoms with Gasteiger partial charge in [-0.05, 0) is 54.5 Å². The maximum atomic E-state index is 11.6. The number of pyridine rings is 1. The Bertz CT molecular complexity index is 960. The smallest absolute Gasteiger partial charge is 0.283 e. The molecular weight excluding hydrogens is 342 g/mol. The second-order valence-corrected chi connectivity index (χ2v) is 6.06. The van der Waals surface area contributed by atoms with Crippen LogP contribution in [0.25, 0.3) is 6.08 Å². The van der Waals surface area contributed by atoms with Gasteiger partial charge in [-0.3, -0.25) is 4.79 Å². The van der Waals surface area contributed by atoms with Crippen molar-refractivity contribution in [3.05, 3.63) is 100.0 Å². The molecule has 3 aromatic rings. The summed E-state index contributed by atoms with van der Waals surface area (Å²) in [6, 6.07) is 20.3. The van der Waals surface area contributed by atoms with E-state index in [1.165, 1.54) is 6.07 Å². The van der Waals surface area contributed by atoms with Crippen molar-refractivity contribution in [1.82, 2.24) is 4.73 Å². The first-order valence-corrected chi connectivity index (χ1v) is 8.61. The van der Waals surface area contributed by atoms with Gasteiger partial charge in [0.25, 0.3) is 5.56 Å². The van der Waals surface area contributed by atoms with Gasteiger partial charge in [-0.2, -0.15) is 0 Å². The van der Waals surface area contributed by atoms with E-state index in [9.17, 15) is 10.0 Å². The van der Waals surface area contributed by atoms with Crippen molar-refractivity contribution in [3.8, 4) is 11.5 Å². The monoisotopic (exact) mass is 363 g/mol. The van der Waals surface area contributed by atoms with E-state index in [4.69, 9.17) is 9.47 Å². The summed E-state index contributed by atoms with van der Waals surface area (Å²) >= 11 is 0. The van der Waals surface area contributed by atoms with E-state index in [0.29, 0.717) is 22.8 Å². The lowest BCUT2D eigenvalue weighted by Crippen LogP contribution is -2.21. The Morgan fingerprint density at radius 3 is 2.33 bits per heavy atom.